The fourth-order valence-corrected chi connectivity index (χ4v) is 3.76. The lowest BCUT2D eigenvalue weighted by Crippen LogP contribution is -2.23. The van der Waals surface area contributed by atoms with Crippen LogP contribution in [0.4, 0.5) is 5.69 Å². The maximum absolute atomic E-state index is 12.4. The number of furan rings is 1. The largest absolute Gasteiger partial charge is 0.468 e. The summed E-state index contributed by atoms with van der Waals surface area (Å²) < 4.78 is 32.3. The molecule has 1 unspecified atom stereocenters. The number of sulfonamides is 1. The molecule has 1 aromatic carbocycles. The standard InChI is InChI=1S/C18H20N2O4S/c21-18(11-14-5-1-2-6-14)20-15-7-3-9-17(12-15)25(22,23)19-13-16-8-4-10-24-16/h1,3-5,7-10,12,14,19H,2,6,11,13H2,(H,20,21). The fraction of sp³-hybridized carbons (Fsp3) is 0.278. The molecule has 1 aliphatic carbocycles. The van der Waals surface area contributed by atoms with Crippen molar-refractivity contribution in [2.24, 2.45) is 5.92 Å². The van der Waals surface area contributed by atoms with Crippen LogP contribution in [0.5, 0.6) is 0 Å². The molecule has 0 spiro atoms. The van der Waals surface area contributed by atoms with Crippen LogP contribution in [0, 0.1) is 5.92 Å². The first-order valence-electron chi connectivity index (χ1n) is 8.11. The highest BCUT2D eigenvalue weighted by atomic mass is 32.2. The molecule has 2 N–H and O–H groups in total. The van der Waals surface area contributed by atoms with Crippen molar-refractivity contribution in [1.29, 1.82) is 0 Å². The van der Waals surface area contributed by atoms with Gasteiger partial charge in [-0.15, -0.1) is 0 Å². The summed E-state index contributed by atoms with van der Waals surface area (Å²) in [5.41, 5.74) is 0.466. The SMILES string of the molecule is O=C(CC1C=CCC1)Nc1cccc(S(=O)(=O)NCc2ccco2)c1. The van der Waals surface area contributed by atoms with Gasteiger partial charge >= 0.3 is 0 Å². The van der Waals surface area contributed by atoms with Gasteiger partial charge in [-0.25, -0.2) is 13.1 Å². The zero-order chi connectivity index (χ0) is 17.7. The van der Waals surface area contributed by atoms with E-state index in [4.69, 9.17) is 4.42 Å². The molecule has 0 aliphatic heterocycles. The van der Waals surface area contributed by atoms with Crippen LogP contribution in [-0.2, 0) is 21.4 Å². The fourth-order valence-electron chi connectivity index (χ4n) is 2.72. The lowest BCUT2D eigenvalue weighted by molar-refractivity contribution is -0.116. The third-order valence-electron chi connectivity index (χ3n) is 4.00. The highest BCUT2D eigenvalue weighted by Crippen LogP contribution is 2.22. The van der Waals surface area contributed by atoms with Crippen molar-refractivity contribution in [2.75, 3.05) is 5.32 Å². The highest BCUT2D eigenvalue weighted by Gasteiger charge is 2.17. The summed E-state index contributed by atoms with van der Waals surface area (Å²) in [6.45, 7) is 0.0694. The molecule has 1 amide bonds. The summed E-state index contributed by atoms with van der Waals surface area (Å²) in [7, 11) is -3.69. The third kappa shape index (κ3) is 4.80. The quantitative estimate of drug-likeness (QED) is 0.743. The molecule has 0 bridgehead atoms. The molecule has 0 saturated heterocycles. The predicted molar refractivity (Wildman–Crippen MR) is 94.3 cm³/mol. The number of benzene rings is 1. The zero-order valence-corrected chi connectivity index (χ0v) is 14.5. The highest BCUT2D eigenvalue weighted by molar-refractivity contribution is 7.89. The van der Waals surface area contributed by atoms with E-state index in [9.17, 15) is 13.2 Å². The van der Waals surface area contributed by atoms with Crippen molar-refractivity contribution >= 4 is 21.6 Å². The summed E-state index contributed by atoms with van der Waals surface area (Å²) in [6.07, 6.45) is 8.02. The van der Waals surface area contributed by atoms with Gasteiger partial charge in [0.1, 0.15) is 5.76 Å². The van der Waals surface area contributed by atoms with Gasteiger partial charge in [0.05, 0.1) is 17.7 Å². The summed E-state index contributed by atoms with van der Waals surface area (Å²) in [5, 5.41) is 2.77. The number of rotatable bonds is 7. The van der Waals surface area contributed by atoms with Crippen LogP contribution in [0.25, 0.3) is 0 Å². The average Bonchev–Trinajstić information content (AvgIpc) is 3.27. The van der Waals surface area contributed by atoms with Crippen LogP contribution >= 0.6 is 0 Å². The monoisotopic (exact) mass is 360 g/mol. The summed E-state index contributed by atoms with van der Waals surface area (Å²) in [4.78, 5) is 12.2. The molecule has 2 aromatic rings. The maximum Gasteiger partial charge on any atom is 0.241 e. The minimum atomic E-state index is -3.69. The van der Waals surface area contributed by atoms with Gasteiger partial charge in [-0.2, -0.15) is 0 Å². The Hall–Kier alpha value is -2.38. The Balaban J connectivity index is 1.63. The van der Waals surface area contributed by atoms with Gasteiger partial charge in [-0.3, -0.25) is 4.79 Å². The maximum atomic E-state index is 12.4. The van der Waals surface area contributed by atoms with Crippen LogP contribution in [0.15, 0.2) is 64.1 Å². The number of hydrogen-bond donors (Lipinski definition) is 2. The minimum Gasteiger partial charge on any atom is -0.468 e. The number of allylic oxidation sites excluding steroid dienone is 2. The van der Waals surface area contributed by atoms with Crippen molar-refractivity contribution in [2.45, 2.75) is 30.7 Å². The van der Waals surface area contributed by atoms with E-state index >= 15 is 0 Å². The number of anilines is 1. The van der Waals surface area contributed by atoms with E-state index in [0.29, 0.717) is 17.9 Å². The van der Waals surface area contributed by atoms with Crippen LogP contribution < -0.4 is 10.0 Å². The zero-order valence-electron chi connectivity index (χ0n) is 13.6. The first kappa shape index (κ1) is 17.4. The van der Waals surface area contributed by atoms with Gasteiger partial charge < -0.3 is 9.73 Å². The normalized spacial score (nSPS) is 16.9. The van der Waals surface area contributed by atoms with E-state index in [0.717, 1.165) is 12.8 Å². The molecule has 3 rings (SSSR count). The van der Waals surface area contributed by atoms with E-state index in [1.54, 1.807) is 24.3 Å². The lowest BCUT2D eigenvalue weighted by atomic mass is 10.1. The summed E-state index contributed by atoms with van der Waals surface area (Å²) in [5.74, 6) is 0.675. The molecule has 7 heteroatoms. The third-order valence-corrected chi connectivity index (χ3v) is 5.40. The van der Waals surface area contributed by atoms with E-state index in [1.165, 1.54) is 18.4 Å². The van der Waals surface area contributed by atoms with Crippen molar-refractivity contribution < 1.29 is 17.6 Å². The topological polar surface area (TPSA) is 88.4 Å². The van der Waals surface area contributed by atoms with Crippen LogP contribution in [0.2, 0.25) is 0 Å². The Morgan fingerprint density at radius 2 is 2.12 bits per heavy atom. The van der Waals surface area contributed by atoms with Crippen molar-refractivity contribution in [3.63, 3.8) is 0 Å². The number of amides is 1. The Labute approximate surface area is 147 Å². The molecule has 25 heavy (non-hydrogen) atoms. The summed E-state index contributed by atoms with van der Waals surface area (Å²) >= 11 is 0. The first-order valence-corrected chi connectivity index (χ1v) is 9.60. The van der Waals surface area contributed by atoms with Crippen LogP contribution in [0.1, 0.15) is 25.0 Å². The number of carbonyl (C=O) groups excluding carboxylic acids is 1. The van der Waals surface area contributed by atoms with E-state index < -0.39 is 10.0 Å². The second kappa shape index (κ2) is 7.67. The van der Waals surface area contributed by atoms with E-state index in [2.05, 4.69) is 22.2 Å². The van der Waals surface area contributed by atoms with Crippen molar-refractivity contribution in [3.05, 3.63) is 60.6 Å². The molecule has 1 heterocycles. The second-order valence-corrected chi connectivity index (χ2v) is 7.72. The van der Waals surface area contributed by atoms with Crippen LogP contribution in [0.3, 0.4) is 0 Å². The molecular formula is C18H20N2O4S. The molecule has 1 aliphatic rings. The molecule has 1 atom stereocenters. The molecular weight excluding hydrogens is 340 g/mol. The van der Waals surface area contributed by atoms with Gasteiger partial charge in [0, 0.05) is 12.1 Å². The molecule has 0 fully saturated rings. The number of carbonyl (C=O) groups is 1. The van der Waals surface area contributed by atoms with Gasteiger partial charge in [0.2, 0.25) is 15.9 Å². The van der Waals surface area contributed by atoms with Crippen molar-refractivity contribution in [3.8, 4) is 0 Å². The van der Waals surface area contributed by atoms with Gasteiger partial charge in [-0.05, 0) is 49.1 Å². The van der Waals surface area contributed by atoms with E-state index in [1.807, 2.05) is 0 Å². The number of hydrogen-bond acceptors (Lipinski definition) is 4. The number of nitrogens with one attached hydrogen (secondary N) is 2. The van der Waals surface area contributed by atoms with Crippen molar-refractivity contribution in [1.82, 2.24) is 4.72 Å². The second-order valence-electron chi connectivity index (χ2n) is 5.95. The first-order chi connectivity index (χ1) is 12.0. The Bertz CT molecular complexity index is 857. The average molecular weight is 360 g/mol. The minimum absolute atomic E-state index is 0.0694. The lowest BCUT2D eigenvalue weighted by Gasteiger charge is -2.10. The van der Waals surface area contributed by atoms with Gasteiger partial charge in [0.15, 0.2) is 0 Å². The van der Waals surface area contributed by atoms with Gasteiger partial charge in [0.25, 0.3) is 0 Å². The molecule has 132 valence electrons. The Morgan fingerprint density at radius 1 is 1.24 bits per heavy atom. The summed E-state index contributed by atoms with van der Waals surface area (Å²) in [6, 6.07) is 9.60. The van der Waals surface area contributed by atoms with Gasteiger partial charge in [-0.1, -0.05) is 18.2 Å². The molecule has 6 nitrogen and oxygen atoms in total. The smallest absolute Gasteiger partial charge is 0.241 e. The predicted octanol–water partition coefficient (Wildman–Crippen LogP) is 3.05. The Kier molecular flexibility index (Phi) is 5.35. The molecule has 1 aromatic heterocycles. The molecule has 0 radical (unpaired) electrons. The Morgan fingerprint density at radius 3 is 2.84 bits per heavy atom. The van der Waals surface area contributed by atoms with E-state index in [-0.39, 0.29) is 23.3 Å². The van der Waals surface area contributed by atoms with Crippen LogP contribution in [-0.4, -0.2) is 14.3 Å². The molecule has 0 saturated carbocycles.